The zero-order valence-electron chi connectivity index (χ0n) is 13.4. The number of morpholine rings is 1. The molecule has 3 heterocycles. The lowest BCUT2D eigenvalue weighted by Gasteiger charge is -2.38. The summed E-state index contributed by atoms with van der Waals surface area (Å²) in [6.07, 6.45) is 6.27. The summed E-state index contributed by atoms with van der Waals surface area (Å²) in [5.74, 6) is 0.920. The lowest BCUT2D eigenvalue weighted by molar-refractivity contribution is -0.130. The van der Waals surface area contributed by atoms with E-state index in [4.69, 9.17) is 4.74 Å². The Morgan fingerprint density at radius 3 is 2.77 bits per heavy atom. The maximum Gasteiger partial charge on any atom is 0.219 e. The molecule has 2 saturated heterocycles. The Balaban J connectivity index is 1.44. The number of carbonyl (C=O) groups is 1. The molecule has 1 aromatic heterocycles. The third kappa shape index (κ3) is 4.08. The van der Waals surface area contributed by atoms with Crippen LogP contribution in [0.15, 0.2) is 18.5 Å². The topological polar surface area (TPSA) is 50.6 Å². The van der Waals surface area contributed by atoms with Gasteiger partial charge in [-0.1, -0.05) is 0 Å². The SMILES string of the molecule is CC(=O)N1CCC(CN2CCOC(Cn3cccn3)C2)CC1. The molecule has 0 spiro atoms. The number of ether oxygens (including phenoxy) is 1. The first kappa shape index (κ1) is 15.5. The van der Waals surface area contributed by atoms with Crippen molar-refractivity contribution in [3.63, 3.8) is 0 Å². The van der Waals surface area contributed by atoms with Crippen LogP contribution >= 0.6 is 0 Å². The van der Waals surface area contributed by atoms with Crippen molar-refractivity contribution in [3.05, 3.63) is 18.5 Å². The molecular formula is C16H26N4O2. The standard InChI is InChI=1S/C16H26N4O2/c1-14(21)19-7-3-15(4-8-19)11-18-9-10-22-16(12-18)13-20-6-2-5-17-20/h2,5-6,15-16H,3-4,7-13H2,1H3. The van der Waals surface area contributed by atoms with E-state index in [9.17, 15) is 4.79 Å². The molecule has 2 fully saturated rings. The molecule has 1 aromatic rings. The van der Waals surface area contributed by atoms with E-state index in [1.165, 1.54) is 0 Å². The second kappa shape index (κ2) is 7.24. The van der Waals surface area contributed by atoms with Crippen molar-refractivity contribution in [1.82, 2.24) is 19.6 Å². The van der Waals surface area contributed by atoms with Crippen LogP contribution in [0.5, 0.6) is 0 Å². The van der Waals surface area contributed by atoms with E-state index < -0.39 is 0 Å². The van der Waals surface area contributed by atoms with Crippen molar-refractivity contribution < 1.29 is 9.53 Å². The first-order chi connectivity index (χ1) is 10.7. The molecule has 0 radical (unpaired) electrons. The molecule has 1 amide bonds. The van der Waals surface area contributed by atoms with Gasteiger partial charge in [0.2, 0.25) is 5.91 Å². The van der Waals surface area contributed by atoms with E-state index >= 15 is 0 Å². The number of hydrogen-bond donors (Lipinski definition) is 0. The summed E-state index contributed by atoms with van der Waals surface area (Å²) in [5, 5.41) is 4.26. The summed E-state index contributed by atoms with van der Waals surface area (Å²) in [7, 11) is 0. The molecule has 2 aliphatic rings. The van der Waals surface area contributed by atoms with Crippen LogP contribution < -0.4 is 0 Å². The van der Waals surface area contributed by atoms with Crippen molar-refractivity contribution in [3.8, 4) is 0 Å². The number of nitrogens with zero attached hydrogens (tertiary/aromatic N) is 4. The van der Waals surface area contributed by atoms with Gasteiger partial charge in [-0.2, -0.15) is 5.10 Å². The summed E-state index contributed by atoms with van der Waals surface area (Å²) in [6.45, 7) is 8.26. The molecule has 1 atom stereocenters. The van der Waals surface area contributed by atoms with Crippen LogP contribution in [0, 0.1) is 5.92 Å². The van der Waals surface area contributed by atoms with Crippen molar-refractivity contribution in [2.24, 2.45) is 5.92 Å². The first-order valence-electron chi connectivity index (χ1n) is 8.27. The highest BCUT2D eigenvalue weighted by atomic mass is 16.5. The summed E-state index contributed by atoms with van der Waals surface area (Å²) >= 11 is 0. The Labute approximate surface area is 132 Å². The van der Waals surface area contributed by atoms with Crippen LogP contribution in [-0.2, 0) is 16.1 Å². The minimum Gasteiger partial charge on any atom is -0.374 e. The van der Waals surface area contributed by atoms with Crippen molar-refractivity contribution in [2.75, 3.05) is 39.3 Å². The molecule has 0 aliphatic carbocycles. The Kier molecular flexibility index (Phi) is 5.10. The number of amides is 1. The highest BCUT2D eigenvalue weighted by molar-refractivity contribution is 5.73. The summed E-state index contributed by atoms with van der Waals surface area (Å²) < 4.78 is 7.81. The smallest absolute Gasteiger partial charge is 0.219 e. The van der Waals surface area contributed by atoms with Gasteiger partial charge in [-0.3, -0.25) is 14.4 Å². The van der Waals surface area contributed by atoms with Gasteiger partial charge >= 0.3 is 0 Å². The highest BCUT2D eigenvalue weighted by Crippen LogP contribution is 2.20. The van der Waals surface area contributed by atoms with Crippen LogP contribution in [0.2, 0.25) is 0 Å². The molecule has 3 rings (SSSR count). The maximum atomic E-state index is 11.4. The minimum atomic E-state index is 0.212. The van der Waals surface area contributed by atoms with Crippen LogP contribution in [0.1, 0.15) is 19.8 Å². The second-order valence-electron chi connectivity index (χ2n) is 6.43. The third-order valence-corrected chi connectivity index (χ3v) is 4.75. The number of hydrogen-bond acceptors (Lipinski definition) is 4. The summed E-state index contributed by atoms with van der Waals surface area (Å²) in [5.41, 5.74) is 0. The van der Waals surface area contributed by atoms with E-state index in [0.29, 0.717) is 5.92 Å². The molecule has 2 aliphatic heterocycles. The number of likely N-dealkylation sites (tertiary alicyclic amines) is 1. The van der Waals surface area contributed by atoms with Gasteiger partial charge in [0.1, 0.15) is 0 Å². The van der Waals surface area contributed by atoms with Gasteiger partial charge in [-0.05, 0) is 24.8 Å². The Bertz CT molecular complexity index is 469. The fourth-order valence-electron chi connectivity index (χ4n) is 3.47. The fraction of sp³-hybridized carbons (Fsp3) is 0.750. The van der Waals surface area contributed by atoms with E-state index in [2.05, 4.69) is 10.00 Å². The van der Waals surface area contributed by atoms with E-state index in [1.54, 1.807) is 6.92 Å². The summed E-state index contributed by atoms with van der Waals surface area (Å²) in [4.78, 5) is 15.9. The molecule has 22 heavy (non-hydrogen) atoms. The molecule has 0 N–H and O–H groups in total. The largest absolute Gasteiger partial charge is 0.374 e. The van der Waals surface area contributed by atoms with E-state index in [1.807, 2.05) is 28.0 Å². The molecule has 122 valence electrons. The lowest BCUT2D eigenvalue weighted by atomic mass is 9.96. The average molecular weight is 306 g/mol. The van der Waals surface area contributed by atoms with E-state index in [-0.39, 0.29) is 12.0 Å². The Morgan fingerprint density at radius 2 is 2.09 bits per heavy atom. The normalized spacial score (nSPS) is 24.6. The number of carbonyl (C=O) groups excluding carboxylic acids is 1. The van der Waals surface area contributed by atoms with Crippen molar-refractivity contribution >= 4 is 5.91 Å². The van der Waals surface area contributed by atoms with Crippen LogP contribution in [-0.4, -0.2) is 70.9 Å². The van der Waals surface area contributed by atoms with Gasteiger partial charge in [0.25, 0.3) is 0 Å². The molecule has 6 nitrogen and oxygen atoms in total. The first-order valence-corrected chi connectivity index (χ1v) is 8.27. The molecule has 0 bridgehead atoms. The van der Waals surface area contributed by atoms with E-state index in [0.717, 1.165) is 58.7 Å². The van der Waals surface area contributed by atoms with Gasteiger partial charge in [0.05, 0.1) is 19.3 Å². The average Bonchev–Trinajstić information content (AvgIpc) is 3.01. The zero-order chi connectivity index (χ0) is 15.4. The summed E-state index contributed by atoms with van der Waals surface area (Å²) in [6, 6.07) is 1.95. The molecule has 0 saturated carbocycles. The molecular weight excluding hydrogens is 280 g/mol. The van der Waals surface area contributed by atoms with Gasteiger partial charge in [0.15, 0.2) is 0 Å². The fourth-order valence-corrected chi connectivity index (χ4v) is 3.47. The molecule has 0 aromatic carbocycles. The minimum absolute atomic E-state index is 0.212. The van der Waals surface area contributed by atoms with Gasteiger partial charge in [-0.15, -0.1) is 0 Å². The zero-order valence-corrected chi connectivity index (χ0v) is 13.4. The monoisotopic (exact) mass is 306 g/mol. The van der Waals surface area contributed by atoms with Gasteiger partial charge in [-0.25, -0.2) is 0 Å². The molecule has 1 unspecified atom stereocenters. The third-order valence-electron chi connectivity index (χ3n) is 4.75. The van der Waals surface area contributed by atoms with Crippen molar-refractivity contribution in [2.45, 2.75) is 32.4 Å². The number of aromatic nitrogens is 2. The molecule has 6 heteroatoms. The predicted molar refractivity (Wildman–Crippen MR) is 83.4 cm³/mol. The van der Waals surface area contributed by atoms with Gasteiger partial charge < -0.3 is 9.64 Å². The lowest BCUT2D eigenvalue weighted by Crippen LogP contribution is -2.47. The Morgan fingerprint density at radius 1 is 1.27 bits per heavy atom. The van der Waals surface area contributed by atoms with Crippen LogP contribution in [0.25, 0.3) is 0 Å². The van der Waals surface area contributed by atoms with Gasteiger partial charge in [0, 0.05) is 52.0 Å². The quantitative estimate of drug-likeness (QED) is 0.827. The number of rotatable bonds is 4. The Hall–Kier alpha value is -1.40. The highest BCUT2D eigenvalue weighted by Gasteiger charge is 2.26. The second-order valence-corrected chi connectivity index (χ2v) is 6.43. The van der Waals surface area contributed by atoms with Crippen LogP contribution in [0.3, 0.4) is 0 Å². The predicted octanol–water partition coefficient (Wildman–Crippen LogP) is 0.842. The maximum absolute atomic E-state index is 11.4. The number of piperidine rings is 1. The van der Waals surface area contributed by atoms with Crippen LogP contribution in [0.4, 0.5) is 0 Å². The van der Waals surface area contributed by atoms with Crippen molar-refractivity contribution in [1.29, 1.82) is 0 Å².